The summed E-state index contributed by atoms with van der Waals surface area (Å²) in [6, 6.07) is 1.72. The molecule has 1 fully saturated rings. The Morgan fingerprint density at radius 2 is 2.22 bits per heavy atom. The Labute approximate surface area is 120 Å². The van der Waals surface area contributed by atoms with Crippen LogP contribution in [0.15, 0.2) is 18.5 Å². The van der Waals surface area contributed by atoms with Gasteiger partial charge in [0.25, 0.3) is 0 Å². The topological polar surface area (TPSA) is 64.2 Å². The maximum atomic E-state index is 12.2. The van der Waals surface area contributed by atoms with Crippen LogP contribution in [0.3, 0.4) is 0 Å². The van der Waals surface area contributed by atoms with Crippen molar-refractivity contribution in [3.05, 3.63) is 18.5 Å². The predicted molar refractivity (Wildman–Crippen MR) is 75.2 cm³/mol. The molecule has 1 saturated heterocycles. The molecule has 2 heterocycles. The number of piperidine rings is 1. The molecular formula is C11H20Cl2N4O. The van der Waals surface area contributed by atoms with Gasteiger partial charge in [0.15, 0.2) is 0 Å². The number of halogens is 2. The van der Waals surface area contributed by atoms with Crippen molar-refractivity contribution in [1.82, 2.24) is 14.7 Å². The van der Waals surface area contributed by atoms with Crippen LogP contribution in [0.25, 0.3) is 0 Å². The van der Waals surface area contributed by atoms with Gasteiger partial charge in [-0.25, -0.2) is 0 Å². The Morgan fingerprint density at radius 1 is 1.50 bits per heavy atom. The van der Waals surface area contributed by atoms with Crippen LogP contribution in [0.2, 0.25) is 0 Å². The Kier molecular flexibility index (Phi) is 7.28. The zero-order chi connectivity index (χ0) is 11.5. The predicted octanol–water partition coefficient (Wildman–Crippen LogP) is 1.24. The maximum absolute atomic E-state index is 12.2. The first kappa shape index (κ1) is 17.2. The maximum Gasteiger partial charge on any atom is 0.247 e. The first-order valence-electron chi connectivity index (χ1n) is 5.72. The molecule has 0 aliphatic carbocycles. The van der Waals surface area contributed by atoms with E-state index < -0.39 is 0 Å². The minimum absolute atomic E-state index is 0. The molecule has 0 radical (unpaired) electrons. The number of hydrogen-bond donors (Lipinski definition) is 1. The van der Waals surface area contributed by atoms with Gasteiger partial charge in [-0.15, -0.1) is 24.8 Å². The molecule has 0 aromatic carbocycles. The Hall–Kier alpha value is -0.780. The molecule has 7 heteroatoms. The van der Waals surface area contributed by atoms with E-state index in [2.05, 4.69) is 5.10 Å². The number of amides is 1. The molecule has 2 N–H and O–H groups in total. The molecule has 0 spiro atoms. The van der Waals surface area contributed by atoms with Gasteiger partial charge in [-0.1, -0.05) is 0 Å². The second-order valence-electron chi connectivity index (χ2n) is 4.35. The quantitative estimate of drug-likeness (QED) is 0.892. The van der Waals surface area contributed by atoms with Gasteiger partial charge in [0, 0.05) is 31.5 Å². The van der Waals surface area contributed by atoms with E-state index in [9.17, 15) is 4.79 Å². The van der Waals surface area contributed by atoms with Crippen LogP contribution >= 0.6 is 24.8 Å². The summed E-state index contributed by atoms with van der Waals surface area (Å²) in [5.41, 5.74) is 5.87. The Bertz CT molecular complexity index is 358. The number of likely N-dealkylation sites (tertiary alicyclic amines) is 1. The first-order chi connectivity index (χ1) is 7.68. The molecule has 1 aromatic heterocycles. The van der Waals surface area contributed by atoms with Crippen LogP contribution in [0.1, 0.15) is 25.8 Å². The summed E-state index contributed by atoms with van der Waals surface area (Å²) in [6.45, 7) is 3.36. The summed E-state index contributed by atoms with van der Waals surface area (Å²) < 4.78 is 1.68. The van der Waals surface area contributed by atoms with Crippen molar-refractivity contribution in [2.75, 3.05) is 13.1 Å². The number of nitrogens with zero attached hydrogens (tertiary/aromatic N) is 3. The molecule has 1 aliphatic heterocycles. The molecule has 2 unspecified atom stereocenters. The fourth-order valence-electron chi connectivity index (χ4n) is 2.10. The van der Waals surface area contributed by atoms with Gasteiger partial charge >= 0.3 is 0 Å². The lowest BCUT2D eigenvalue weighted by Gasteiger charge is -2.32. The van der Waals surface area contributed by atoms with Crippen molar-refractivity contribution in [2.24, 2.45) is 5.73 Å². The number of aromatic nitrogens is 2. The second kappa shape index (κ2) is 7.61. The van der Waals surface area contributed by atoms with Crippen LogP contribution < -0.4 is 5.73 Å². The summed E-state index contributed by atoms with van der Waals surface area (Å²) >= 11 is 0. The molecule has 1 aromatic rings. The Morgan fingerprint density at radius 3 is 2.78 bits per heavy atom. The minimum atomic E-state index is -0.236. The average molecular weight is 295 g/mol. The summed E-state index contributed by atoms with van der Waals surface area (Å²) in [5.74, 6) is 0.110. The lowest BCUT2D eigenvalue weighted by atomic mass is 10.1. The molecule has 0 saturated carbocycles. The van der Waals surface area contributed by atoms with E-state index in [4.69, 9.17) is 5.73 Å². The SMILES string of the molecule is CC(C(=O)N1CCCC(N)C1)n1cccn1.Cl.Cl. The van der Waals surface area contributed by atoms with Crippen molar-refractivity contribution in [2.45, 2.75) is 31.8 Å². The number of carbonyl (C=O) groups excluding carboxylic acids is 1. The van der Waals surface area contributed by atoms with Gasteiger partial charge in [0.1, 0.15) is 6.04 Å². The summed E-state index contributed by atoms with van der Waals surface area (Å²) in [7, 11) is 0. The number of hydrogen-bond acceptors (Lipinski definition) is 3. The third-order valence-electron chi connectivity index (χ3n) is 3.05. The van der Waals surface area contributed by atoms with Crippen LogP contribution in [0.4, 0.5) is 0 Å². The number of carbonyl (C=O) groups is 1. The van der Waals surface area contributed by atoms with Crippen molar-refractivity contribution < 1.29 is 4.79 Å². The van der Waals surface area contributed by atoms with Gasteiger partial charge in [0.2, 0.25) is 5.91 Å². The third-order valence-corrected chi connectivity index (χ3v) is 3.05. The summed E-state index contributed by atoms with van der Waals surface area (Å²) in [4.78, 5) is 14.0. The van der Waals surface area contributed by atoms with Crippen LogP contribution in [0.5, 0.6) is 0 Å². The Balaban J connectivity index is 0.00000144. The fourth-order valence-corrected chi connectivity index (χ4v) is 2.10. The largest absolute Gasteiger partial charge is 0.339 e. The highest BCUT2D eigenvalue weighted by Gasteiger charge is 2.26. The third kappa shape index (κ3) is 3.86. The number of rotatable bonds is 2. The normalized spacial score (nSPS) is 20.6. The zero-order valence-corrected chi connectivity index (χ0v) is 12.0. The standard InChI is InChI=1S/C11H18N4O.2ClH/c1-9(15-7-3-5-13-15)11(16)14-6-2-4-10(12)8-14;;/h3,5,7,9-10H,2,4,6,8,12H2,1H3;2*1H. The van der Waals surface area contributed by atoms with Gasteiger partial charge in [0.05, 0.1) is 0 Å². The molecule has 104 valence electrons. The van der Waals surface area contributed by atoms with E-state index in [-0.39, 0.29) is 42.8 Å². The molecule has 1 amide bonds. The van der Waals surface area contributed by atoms with E-state index in [0.29, 0.717) is 6.54 Å². The van der Waals surface area contributed by atoms with Crippen molar-refractivity contribution >= 4 is 30.7 Å². The molecule has 2 atom stereocenters. The minimum Gasteiger partial charge on any atom is -0.339 e. The lowest BCUT2D eigenvalue weighted by molar-refractivity contribution is -0.135. The van der Waals surface area contributed by atoms with Gasteiger partial charge in [-0.3, -0.25) is 9.48 Å². The summed E-state index contributed by atoms with van der Waals surface area (Å²) in [6.07, 6.45) is 5.51. The van der Waals surface area contributed by atoms with E-state index in [0.717, 1.165) is 19.4 Å². The van der Waals surface area contributed by atoms with Gasteiger partial charge < -0.3 is 10.6 Å². The molecule has 18 heavy (non-hydrogen) atoms. The highest BCUT2D eigenvalue weighted by atomic mass is 35.5. The van der Waals surface area contributed by atoms with Crippen LogP contribution in [0, 0.1) is 0 Å². The molecular weight excluding hydrogens is 275 g/mol. The van der Waals surface area contributed by atoms with Crippen molar-refractivity contribution in [1.29, 1.82) is 0 Å². The smallest absolute Gasteiger partial charge is 0.247 e. The molecule has 0 bridgehead atoms. The monoisotopic (exact) mass is 294 g/mol. The highest BCUT2D eigenvalue weighted by molar-refractivity contribution is 5.85. The molecule has 1 aliphatic rings. The summed E-state index contributed by atoms with van der Waals surface area (Å²) in [5, 5.41) is 4.09. The van der Waals surface area contributed by atoms with Crippen LogP contribution in [-0.2, 0) is 4.79 Å². The van der Waals surface area contributed by atoms with E-state index >= 15 is 0 Å². The zero-order valence-electron chi connectivity index (χ0n) is 10.4. The fraction of sp³-hybridized carbons (Fsp3) is 0.636. The average Bonchev–Trinajstić information content (AvgIpc) is 2.80. The van der Waals surface area contributed by atoms with E-state index in [1.807, 2.05) is 24.1 Å². The first-order valence-corrected chi connectivity index (χ1v) is 5.72. The van der Waals surface area contributed by atoms with Gasteiger partial charge in [-0.2, -0.15) is 5.10 Å². The molecule has 2 rings (SSSR count). The second-order valence-corrected chi connectivity index (χ2v) is 4.35. The van der Waals surface area contributed by atoms with Crippen LogP contribution in [-0.4, -0.2) is 39.7 Å². The van der Waals surface area contributed by atoms with Crippen molar-refractivity contribution in [3.8, 4) is 0 Å². The van der Waals surface area contributed by atoms with E-state index in [1.54, 1.807) is 10.9 Å². The highest BCUT2D eigenvalue weighted by Crippen LogP contribution is 2.14. The molecule has 5 nitrogen and oxygen atoms in total. The van der Waals surface area contributed by atoms with Crippen molar-refractivity contribution in [3.63, 3.8) is 0 Å². The number of nitrogens with two attached hydrogens (primary N) is 1. The van der Waals surface area contributed by atoms with E-state index in [1.165, 1.54) is 0 Å². The lowest BCUT2D eigenvalue weighted by Crippen LogP contribution is -2.47. The van der Waals surface area contributed by atoms with Gasteiger partial charge in [-0.05, 0) is 25.8 Å².